The van der Waals surface area contributed by atoms with Crippen molar-refractivity contribution in [1.82, 2.24) is 0 Å². The summed E-state index contributed by atoms with van der Waals surface area (Å²) in [5.74, 6) is 0. The molecule has 0 aliphatic rings. The molecule has 0 aliphatic carbocycles. The Bertz CT molecular complexity index is 836. The fourth-order valence-corrected chi connectivity index (χ4v) is 7.07. The summed E-state index contributed by atoms with van der Waals surface area (Å²) < 4.78 is 9.50. The molecule has 28 heavy (non-hydrogen) atoms. The van der Waals surface area contributed by atoms with Gasteiger partial charge in [0.15, 0.2) is 0 Å². The van der Waals surface area contributed by atoms with Gasteiger partial charge in [-0.2, -0.15) is 0 Å². The monoisotopic (exact) mass is 825 g/mol. The number of benzene rings is 2. The van der Waals surface area contributed by atoms with Crippen LogP contribution >= 0.6 is 119 Å². The molecule has 0 spiro atoms. The zero-order valence-electron chi connectivity index (χ0n) is 13.4. The van der Waals surface area contributed by atoms with Crippen LogP contribution in [0.3, 0.4) is 0 Å². The van der Waals surface area contributed by atoms with E-state index in [1.54, 1.807) is 24.3 Å². The van der Waals surface area contributed by atoms with Gasteiger partial charge in [-0.25, -0.2) is 0 Å². The first kappa shape index (κ1) is 26.2. The highest BCUT2D eigenvalue weighted by atomic mass is 79.9. The molecule has 2 rings (SSSR count). The predicted octanol–water partition coefficient (Wildman–Crippen LogP) is 7.13. The third-order valence-corrected chi connectivity index (χ3v) is 11.4. The van der Waals surface area contributed by atoms with Gasteiger partial charge in [0, 0.05) is 44.4 Å². The lowest BCUT2D eigenvalue weighted by molar-refractivity contribution is -0.0269. The SMILES string of the molecule is O[Si](O)(O)OC(CC(Cl)Cl)(c1ccc(Br)c(Br)c1Br)c1ccc(Br)c(Br)c1Br. The molecule has 0 radical (unpaired) electrons. The standard InChI is InChI=1S/C15H10Br6Cl2O4Si/c16-8-3-1-6(11(18)13(8)20)15(5-10(22)23,27-28(24,25)26)7-2-4-9(17)14(21)12(7)19/h1-4,10,24-26H,5H2. The molecular weight excluding hydrogens is 823 g/mol. The van der Waals surface area contributed by atoms with Gasteiger partial charge in [0.1, 0.15) is 10.4 Å². The molecule has 13 heteroatoms. The van der Waals surface area contributed by atoms with Gasteiger partial charge in [-0.15, -0.1) is 23.2 Å². The lowest BCUT2D eigenvalue weighted by Crippen LogP contribution is -2.49. The van der Waals surface area contributed by atoms with Crippen LogP contribution in [-0.4, -0.2) is 28.3 Å². The van der Waals surface area contributed by atoms with Crippen LogP contribution in [0.1, 0.15) is 17.5 Å². The van der Waals surface area contributed by atoms with Crippen LogP contribution in [0.25, 0.3) is 0 Å². The fourth-order valence-electron chi connectivity index (χ4n) is 2.64. The molecule has 0 heterocycles. The van der Waals surface area contributed by atoms with Crippen molar-refractivity contribution in [2.75, 3.05) is 0 Å². The molecule has 0 aromatic heterocycles. The molecule has 154 valence electrons. The van der Waals surface area contributed by atoms with Crippen LogP contribution in [0.5, 0.6) is 0 Å². The van der Waals surface area contributed by atoms with E-state index in [1.165, 1.54) is 0 Å². The van der Waals surface area contributed by atoms with Gasteiger partial charge < -0.3 is 18.8 Å². The second-order valence-electron chi connectivity index (χ2n) is 5.54. The molecule has 0 atom stereocenters. The number of alkyl halides is 2. The largest absolute Gasteiger partial charge is 0.672 e. The summed E-state index contributed by atoms with van der Waals surface area (Å²) in [6.07, 6.45) is -0.0914. The molecule has 0 unspecified atom stereocenters. The van der Waals surface area contributed by atoms with Crippen molar-refractivity contribution in [3.8, 4) is 0 Å². The lowest BCUT2D eigenvalue weighted by atomic mass is 9.84. The Morgan fingerprint density at radius 3 is 1.50 bits per heavy atom. The minimum atomic E-state index is -5.05. The smallest absolute Gasteiger partial charge is 0.368 e. The van der Waals surface area contributed by atoms with Crippen LogP contribution in [0.4, 0.5) is 0 Å². The van der Waals surface area contributed by atoms with Crippen LogP contribution in [0.15, 0.2) is 51.1 Å². The van der Waals surface area contributed by atoms with Crippen molar-refractivity contribution >= 4 is 128 Å². The second kappa shape index (κ2) is 10.3. The van der Waals surface area contributed by atoms with Crippen molar-refractivity contribution in [2.24, 2.45) is 0 Å². The van der Waals surface area contributed by atoms with E-state index in [4.69, 9.17) is 27.6 Å². The number of hydrogen-bond donors (Lipinski definition) is 3. The summed E-state index contributed by atoms with van der Waals surface area (Å²) in [6.45, 7) is 0. The zero-order valence-corrected chi connectivity index (χ0v) is 25.4. The summed E-state index contributed by atoms with van der Waals surface area (Å²) in [4.78, 5) is 28.7. The van der Waals surface area contributed by atoms with Crippen LogP contribution < -0.4 is 0 Å². The Balaban J connectivity index is 2.95. The van der Waals surface area contributed by atoms with E-state index in [0.717, 1.165) is 8.95 Å². The van der Waals surface area contributed by atoms with Gasteiger partial charge in [0.25, 0.3) is 0 Å². The summed E-state index contributed by atoms with van der Waals surface area (Å²) in [7, 11) is -5.05. The Morgan fingerprint density at radius 1 is 0.786 bits per heavy atom. The first-order valence-electron chi connectivity index (χ1n) is 7.23. The van der Waals surface area contributed by atoms with Gasteiger partial charge in [0.2, 0.25) is 0 Å². The second-order valence-corrected chi connectivity index (χ2v) is 13.1. The molecule has 2 aromatic carbocycles. The molecule has 0 fully saturated rings. The summed E-state index contributed by atoms with van der Waals surface area (Å²) in [5, 5.41) is 0. The van der Waals surface area contributed by atoms with E-state index in [0.29, 0.717) is 29.0 Å². The van der Waals surface area contributed by atoms with Gasteiger partial charge in [-0.3, -0.25) is 0 Å². The van der Waals surface area contributed by atoms with Crippen LogP contribution in [0, 0.1) is 0 Å². The molecule has 0 aliphatic heterocycles. The van der Waals surface area contributed by atoms with E-state index in [9.17, 15) is 14.4 Å². The van der Waals surface area contributed by atoms with E-state index < -0.39 is 19.5 Å². The Labute approximate surface area is 223 Å². The number of rotatable bonds is 6. The normalized spacial score (nSPS) is 12.7. The first-order chi connectivity index (χ1) is 12.8. The Hall–Kier alpha value is 1.96. The van der Waals surface area contributed by atoms with Crippen molar-refractivity contribution in [1.29, 1.82) is 0 Å². The molecule has 4 nitrogen and oxygen atoms in total. The van der Waals surface area contributed by atoms with Crippen molar-refractivity contribution in [2.45, 2.75) is 16.9 Å². The third kappa shape index (κ3) is 5.84. The van der Waals surface area contributed by atoms with Crippen molar-refractivity contribution in [3.63, 3.8) is 0 Å². The summed E-state index contributed by atoms with van der Waals surface area (Å²) in [6, 6.07) is 6.91. The van der Waals surface area contributed by atoms with E-state index in [2.05, 4.69) is 95.6 Å². The third-order valence-electron chi connectivity index (χ3n) is 3.69. The highest BCUT2D eigenvalue weighted by Crippen LogP contribution is 2.50. The maximum absolute atomic E-state index is 9.89. The van der Waals surface area contributed by atoms with E-state index in [-0.39, 0.29) is 6.42 Å². The molecule has 0 saturated carbocycles. The fraction of sp³-hybridized carbons (Fsp3) is 0.200. The Morgan fingerprint density at radius 2 is 1.18 bits per heavy atom. The van der Waals surface area contributed by atoms with Gasteiger partial charge in [-0.05, 0) is 108 Å². The Kier molecular flexibility index (Phi) is 9.61. The van der Waals surface area contributed by atoms with Crippen molar-refractivity contribution in [3.05, 3.63) is 62.2 Å². The van der Waals surface area contributed by atoms with Crippen LogP contribution in [0.2, 0.25) is 0 Å². The average Bonchev–Trinajstić information content (AvgIpc) is 2.55. The summed E-state index contributed by atoms with van der Waals surface area (Å²) >= 11 is 33.0. The minimum absolute atomic E-state index is 0.0914. The number of hydrogen-bond acceptors (Lipinski definition) is 4. The highest BCUT2D eigenvalue weighted by molar-refractivity contribution is 9.15. The van der Waals surface area contributed by atoms with E-state index in [1.807, 2.05) is 0 Å². The number of halogens is 8. The zero-order chi connectivity index (χ0) is 21.4. The van der Waals surface area contributed by atoms with Gasteiger partial charge in [-0.1, -0.05) is 12.1 Å². The van der Waals surface area contributed by atoms with Crippen LogP contribution in [-0.2, 0) is 10.0 Å². The van der Waals surface area contributed by atoms with Gasteiger partial charge >= 0.3 is 9.05 Å². The van der Waals surface area contributed by atoms with Gasteiger partial charge in [0.05, 0.1) is 0 Å². The first-order valence-corrected chi connectivity index (χ1v) is 14.6. The molecular formula is C15H10Br6Cl2O4Si. The molecule has 0 amide bonds. The molecule has 2 aromatic rings. The lowest BCUT2D eigenvalue weighted by Gasteiger charge is -2.39. The minimum Gasteiger partial charge on any atom is -0.368 e. The highest BCUT2D eigenvalue weighted by Gasteiger charge is 2.49. The maximum atomic E-state index is 9.89. The van der Waals surface area contributed by atoms with Crippen molar-refractivity contribution < 1.29 is 18.8 Å². The quantitative estimate of drug-likeness (QED) is 0.165. The molecule has 3 N–H and O–H groups in total. The summed E-state index contributed by atoms with van der Waals surface area (Å²) in [5.41, 5.74) is -0.668. The topological polar surface area (TPSA) is 69.9 Å². The molecule has 0 saturated heterocycles. The molecule has 0 bridgehead atoms. The average molecular weight is 833 g/mol. The van der Waals surface area contributed by atoms with E-state index >= 15 is 0 Å². The predicted molar refractivity (Wildman–Crippen MR) is 133 cm³/mol. The maximum Gasteiger partial charge on any atom is 0.672 e.